The molecule has 9 heteroatoms. The molecule has 2 N–H and O–H groups in total. The van der Waals surface area contributed by atoms with E-state index in [1.165, 1.54) is 18.1 Å². The van der Waals surface area contributed by atoms with Crippen molar-refractivity contribution < 1.29 is 14.3 Å². The summed E-state index contributed by atoms with van der Waals surface area (Å²) in [6.07, 6.45) is 3.29. The van der Waals surface area contributed by atoms with Crippen LogP contribution in [0.4, 0.5) is 5.69 Å². The van der Waals surface area contributed by atoms with Crippen LogP contribution in [0, 0.1) is 13.8 Å². The maximum atomic E-state index is 13.4. The Kier molecular flexibility index (Phi) is 7.97. The predicted octanol–water partition coefficient (Wildman–Crippen LogP) is 3.97. The number of aromatic amines is 1. The van der Waals surface area contributed by atoms with E-state index in [1.807, 2.05) is 56.3 Å². The van der Waals surface area contributed by atoms with Crippen LogP contribution < -0.4 is 5.32 Å². The molecule has 178 valence electrons. The average Bonchev–Trinajstić information content (AvgIpc) is 3.55. The molecule has 1 unspecified atom stereocenters. The molecule has 1 aromatic heterocycles. The van der Waals surface area contributed by atoms with Gasteiger partial charge in [0, 0.05) is 30.2 Å². The number of hydrogen-bond acceptors (Lipinski definition) is 6. The van der Waals surface area contributed by atoms with E-state index in [0.29, 0.717) is 24.5 Å². The lowest BCUT2D eigenvalue weighted by Gasteiger charge is -2.25. The van der Waals surface area contributed by atoms with Crippen LogP contribution >= 0.6 is 11.8 Å². The summed E-state index contributed by atoms with van der Waals surface area (Å²) in [6.45, 7) is 5.03. The Morgan fingerprint density at radius 3 is 2.74 bits per heavy atom. The van der Waals surface area contributed by atoms with Crippen LogP contribution in [-0.2, 0) is 15.3 Å². The normalized spacial score (nSPS) is 15.3. The lowest BCUT2D eigenvalue weighted by Crippen LogP contribution is -2.42. The standard InChI is InChI=1S/C25H29N5O3S/c1-17-5-3-7-22(18(17)2)28-23(31)14-30(13-21-6-4-12-33-21)24(32)20-10-8-19(9-11-20)15-34-25-26-16-27-29-25/h3,5,7-11,16,21H,4,6,12-15H2,1-2H3,(H,28,31)(H,26,27,29). The number of carbonyl (C=O) groups is 2. The molecule has 0 saturated carbocycles. The van der Waals surface area contributed by atoms with Crippen LogP contribution in [-0.4, -0.2) is 57.7 Å². The van der Waals surface area contributed by atoms with E-state index in [4.69, 9.17) is 4.74 Å². The number of hydrogen-bond donors (Lipinski definition) is 2. The van der Waals surface area contributed by atoms with Crippen LogP contribution in [0.1, 0.15) is 39.9 Å². The minimum absolute atomic E-state index is 0.0326. The number of amides is 2. The first-order chi connectivity index (χ1) is 16.5. The van der Waals surface area contributed by atoms with Gasteiger partial charge in [-0.1, -0.05) is 36.0 Å². The average molecular weight is 480 g/mol. The molecule has 1 atom stereocenters. The van der Waals surface area contributed by atoms with E-state index in [-0.39, 0.29) is 24.5 Å². The molecule has 8 nitrogen and oxygen atoms in total. The van der Waals surface area contributed by atoms with Crippen LogP contribution in [0.5, 0.6) is 0 Å². The molecule has 34 heavy (non-hydrogen) atoms. The number of benzene rings is 2. The highest BCUT2D eigenvalue weighted by molar-refractivity contribution is 7.98. The Balaban J connectivity index is 1.43. The summed E-state index contributed by atoms with van der Waals surface area (Å²) >= 11 is 1.54. The monoisotopic (exact) mass is 479 g/mol. The summed E-state index contributed by atoms with van der Waals surface area (Å²) in [5.74, 6) is 0.308. The van der Waals surface area contributed by atoms with Crippen LogP contribution in [0.2, 0.25) is 0 Å². The van der Waals surface area contributed by atoms with E-state index in [1.54, 1.807) is 4.90 Å². The summed E-state index contributed by atoms with van der Waals surface area (Å²) in [7, 11) is 0. The maximum absolute atomic E-state index is 13.4. The van der Waals surface area contributed by atoms with Crippen molar-refractivity contribution in [2.45, 2.75) is 43.7 Å². The predicted molar refractivity (Wildman–Crippen MR) is 132 cm³/mol. The third-order valence-corrected chi connectivity index (χ3v) is 6.87. The first-order valence-corrected chi connectivity index (χ1v) is 12.3. The Bertz CT molecular complexity index is 1110. The summed E-state index contributed by atoms with van der Waals surface area (Å²) in [5, 5.41) is 10.4. The molecular formula is C25H29N5O3S. The van der Waals surface area contributed by atoms with E-state index in [2.05, 4.69) is 20.5 Å². The zero-order valence-corrected chi connectivity index (χ0v) is 20.2. The van der Waals surface area contributed by atoms with Crippen molar-refractivity contribution in [3.63, 3.8) is 0 Å². The lowest BCUT2D eigenvalue weighted by molar-refractivity contribution is -0.117. The number of anilines is 1. The van der Waals surface area contributed by atoms with Crippen LogP contribution in [0.25, 0.3) is 0 Å². The van der Waals surface area contributed by atoms with Gasteiger partial charge in [-0.15, -0.1) is 0 Å². The van der Waals surface area contributed by atoms with Gasteiger partial charge in [0.15, 0.2) is 5.16 Å². The molecule has 0 radical (unpaired) electrons. The molecule has 2 amide bonds. The molecule has 3 aromatic rings. The number of thioether (sulfide) groups is 1. The van der Waals surface area contributed by atoms with E-state index < -0.39 is 0 Å². The first kappa shape index (κ1) is 24.0. The number of rotatable bonds is 9. The first-order valence-electron chi connectivity index (χ1n) is 11.3. The fraction of sp³-hybridized carbons (Fsp3) is 0.360. The summed E-state index contributed by atoms with van der Waals surface area (Å²) in [4.78, 5) is 31.9. The molecule has 1 fully saturated rings. The van der Waals surface area contributed by atoms with Gasteiger partial charge in [-0.05, 0) is 61.6 Å². The molecule has 4 rings (SSSR count). The van der Waals surface area contributed by atoms with Crippen molar-refractivity contribution in [3.05, 3.63) is 71.0 Å². The quantitative estimate of drug-likeness (QED) is 0.451. The van der Waals surface area contributed by atoms with Crippen molar-refractivity contribution in [3.8, 4) is 0 Å². The Morgan fingerprint density at radius 1 is 1.21 bits per heavy atom. The lowest BCUT2D eigenvalue weighted by atomic mass is 10.1. The second kappa shape index (κ2) is 11.3. The number of H-pyrrole nitrogens is 1. The molecule has 1 aliphatic rings. The number of aryl methyl sites for hydroxylation is 1. The van der Waals surface area contributed by atoms with E-state index in [0.717, 1.165) is 40.4 Å². The smallest absolute Gasteiger partial charge is 0.254 e. The zero-order valence-electron chi connectivity index (χ0n) is 19.4. The highest BCUT2D eigenvalue weighted by atomic mass is 32.2. The summed E-state index contributed by atoms with van der Waals surface area (Å²) < 4.78 is 5.75. The van der Waals surface area contributed by atoms with E-state index >= 15 is 0 Å². The summed E-state index contributed by atoms with van der Waals surface area (Å²) in [6, 6.07) is 13.3. The van der Waals surface area contributed by atoms with Gasteiger partial charge < -0.3 is 15.0 Å². The van der Waals surface area contributed by atoms with Crippen LogP contribution in [0.3, 0.4) is 0 Å². The van der Waals surface area contributed by atoms with Gasteiger partial charge in [0.25, 0.3) is 5.91 Å². The largest absolute Gasteiger partial charge is 0.376 e. The van der Waals surface area contributed by atoms with Crippen LogP contribution in [0.15, 0.2) is 53.9 Å². The molecule has 2 aromatic carbocycles. The molecular weight excluding hydrogens is 450 g/mol. The fourth-order valence-corrected chi connectivity index (χ4v) is 4.58. The van der Waals surface area contributed by atoms with Gasteiger partial charge in [-0.2, -0.15) is 5.10 Å². The van der Waals surface area contributed by atoms with Gasteiger partial charge in [0.1, 0.15) is 12.9 Å². The van der Waals surface area contributed by atoms with Crippen molar-refractivity contribution in [1.82, 2.24) is 20.1 Å². The molecule has 0 bridgehead atoms. The fourth-order valence-electron chi connectivity index (χ4n) is 3.84. The van der Waals surface area contributed by atoms with Crippen molar-refractivity contribution >= 4 is 29.3 Å². The second-order valence-corrected chi connectivity index (χ2v) is 9.36. The van der Waals surface area contributed by atoms with E-state index in [9.17, 15) is 9.59 Å². The number of nitrogens with zero attached hydrogens (tertiary/aromatic N) is 3. The van der Waals surface area contributed by atoms with Crippen molar-refractivity contribution in [1.29, 1.82) is 0 Å². The Labute approximate surface area is 203 Å². The summed E-state index contributed by atoms with van der Waals surface area (Å²) in [5.41, 5.74) is 4.50. The molecule has 2 heterocycles. The van der Waals surface area contributed by atoms with Gasteiger partial charge in [-0.25, -0.2) is 4.98 Å². The number of nitrogens with one attached hydrogen (secondary N) is 2. The van der Waals surface area contributed by atoms with Gasteiger partial charge >= 0.3 is 0 Å². The Hall–Kier alpha value is -3.17. The maximum Gasteiger partial charge on any atom is 0.254 e. The van der Waals surface area contributed by atoms with Gasteiger partial charge in [-0.3, -0.25) is 14.7 Å². The number of carbonyl (C=O) groups excluding carboxylic acids is 2. The second-order valence-electron chi connectivity index (χ2n) is 8.39. The molecule has 0 aliphatic carbocycles. The third kappa shape index (κ3) is 6.24. The number of ether oxygens (including phenoxy) is 1. The molecule has 1 saturated heterocycles. The minimum Gasteiger partial charge on any atom is -0.376 e. The molecule has 1 aliphatic heterocycles. The highest BCUT2D eigenvalue weighted by Gasteiger charge is 2.25. The zero-order chi connectivity index (χ0) is 23.9. The van der Waals surface area contributed by atoms with Crippen molar-refractivity contribution in [2.24, 2.45) is 0 Å². The topological polar surface area (TPSA) is 100 Å². The number of aromatic nitrogens is 3. The van der Waals surface area contributed by atoms with Gasteiger partial charge in [0.2, 0.25) is 5.91 Å². The third-order valence-electron chi connectivity index (χ3n) is 5.92. The van der Waals surface area contributed by atoms with Gasteiger partial charge in [0.05, 0.1) is 6.10 Å². The Morgan fingerprint density at radius 2 is 2.03 bits per heavy atom. The van der Waals surface area contributed by atoms with Crippen molar-refractivity contribution in [2.75, 3.05) is 25.0 Å². The molecule has 0 spiro atoms. The highest BCUT2D eigenvalue weighted by Crippen LogP contribution is 2.21. The minimum atomic E-state index is -0.222. The SMILES string of the molecule is Cc1cccc(NC(=O)CN(CC2CCCO2)C(=O)c2ccc(CSc3ncn[nH]3)cc2)c1C.